The maximum Gasteiger partial charge on any atom is 0.166 e. The lowest BCUT2D eigenvalue weighted by atomic mass is 10.2. The lowest BCUT2D eigenvalue weighted by Crippen LogP contribution is -2.03. The van der Waals surface area contributed by atoms with E-state index in [0.717, 1.165) is 33.0 Å². The van der Waals surface area contributed by atoms with E-state index in [0.29, 0.717) is 0 Å². The summed E-state index contributed by atoms with van der Waals surface area (Å²) in [5.41, 5.74) is 4.16. The first-order valence-electron chi connectivity index (χ1n) is 7.31. The van der Waals surface area contributed by atoms with Crippen molar-refractivity contribution < 1.29 is 0 Å². The van der Waals surface area contributed by atoms with Gasteiger partial charge in [-0.05, 0) is 32.4 Å². The van der Waals surface area contributed by atoms with Crippen LogP contribution in [-0.4, -0.2) is 29.5 Å². The molecule has 0 saturated carbocycles. The van der Waals surface area contributed by atoms with Crippen LogP contribution in [0.4, 0.5) is 0 Å². The molecule has 0 fully saturated rings. The van der Waals surface area contributed by atoms with Crippen LogP contribution in [0, 0.1) is 20.8 Å². The van der Waals surface area contributed by atoms with Gasteiger partial charge in [0.2, 0.25) is 0 Å². The molecule has 0 saturated heterocycles. The van der Waals surface area contributed by atoms with E-state index < -0.39 is 0 Å². The third-order valence-corrected chi connectivity index (χ3v) is 5.09. The largest absolute Gasteiger partial charge is 0.275 e. The minimum Gasteiger partial charge on any atom is -0.275 e. The van der Waals surface area contributed by atoms with Crippen LogP contribution in [0.2, 0.25) is 0 Å². The van der Waals surface area contributed by atoms with Crippen LogP contribution in [0.15, 0.2) is 24.8 Å². The maximum absolute atomic E-state index is 4.66. The van der Waals surface area contributed by atoms with E-state index in [4.69, 9.17) is 0 Å². The Morgan fingerprint density at radius 1 is 1.13 bits per heavy atom. The molecule has 0 unspecified atom stereocenters. The monoisotopic (exact) mass is 324 g/mol. The van der Waals surface area contributed by atoms with Crippen molar-refractivity contribution in [3.8, 4) is 17.1 Å². The van der Waals surface area contributed by atoms with Gasteiger partial charge in [-0.15, -0.1) is 11.3 Å². The zero-order valence-electron chi connectivity index (χ0n) is 13.4. The van der Waals surface area contributed by atoms with E-state index in [2.05, 4.69) is 40.1 Å². The first-order valence-corrected chi connectivity index (χ1v) is 8.13. The summed E-state index contributed by atoms with van der Waals surface area (Å²) in [6, 6.07) is 2.06. The van der Waals surface area contributed by atoms with Gasteiger partial charge in [-0.1, -0.05) is 0 Å². The third kappa shape index (κ3) is 2.16. The fraction of sp³-hybridized carbons (Fsp3) is 0.250. The molecule has 0 aliphatic carbocycles. The quantitative estimate of drug-likeness (QED) is 0.568. The summed E-state index contributed by atoms with van der Waals surface area (Å²) in [5.74, 6) is 0.823. The zero-order valence-corrected chi connectivity index (χ0v) is 14.2. The first-order chi connectivity index (χ1) is 11.0. The lowest BCUT2D eigenvalue weighted by Gasteiger charge is -2.07. The van der Waals surface area contributed by atoms with Crippen LogP contribution < -0.4 is 0 Å². The smallest absolute Gasteiger partial charge is 0.166 e. The van der Waals surface area contributed by atoms with E-state index >= 15 is 0 Å². The molecule has 4 heterocycles. The maximum atomic E-state index is 4.66. The van der Waals surface area contributed by atoms with Crippen molar-refractivity contribution in [3.63, 3.8) is 0 Å². The number of fused-ring (bicyclic) bond motifs is 1. The summed E-state index contributed by atoms with van der Waals surface area (Å²) >= 11 is 1.69. The molecule has 4 aromatic rings. The summed E-state index contributed by atoms with van der Waals surface area (Å²) in [6.07, 6.45) is 5.44. The Hall–Kier alpha value is -2.54. The van der Waals surface area contributed by atoms with Gasteiger partial charge in [0.1, 0.15) is 11.2 Å². The van der Waals surface area contributed by atoms with Gasteiger partial charge < -0.3 is 0 Å². The predicted octanol–water partition coefficient (Wildman–Crippen LogP) is 3.20. The molecule has 0 N–H and O–H groups in total. The van der Waals surface area contributed by atoms with Crippen LogP contribution in [0.25, 0.3) is 27.3 Å². The van der Waals surface area contributed by atoms with Crippen molar-refractivity contribution in [1.29, 1.82) is 0 Å². The predicted molar refractivity (Wildman–Crippen MR) is 91.0 cm³/mol. The van der Waals surface area contributed by atoms with Gasteiger partial charge in [-0.2, -0.15) is 10.2 Å². The van der Waals surface area contributed by atoms with Gasteiger partial charge in [0, 0.05) is 23.7 Å². The summed E-state index contributed by atoms with van der Waals surface area (Å²) < 4.78 is 3.69. The summed E-state index contributed by atoms with van der Waals surface area (Å²) in [7, 11) is 1.91. The van der Waals surface area contributed by atoms with Crippen molar-refractivity contribution in [1.82, 2.24) is 29.5 Å². The molecule has 0 aliphatic rings. The average Bonchev–Trinajstić information content (AvgIpc) is 3.18. The molecule has 0 amide bonds. The minimum atomic E-state index is 0.823. The van der Waals surface area contributed by atoms with E-state index in [1.165, 1.54) is 10.4 Å². The fourth-order valence-electron chi connectivity index (χ4n) is 2.74. The first kappa shape index (κ1) is 14.1. The normalized spacial score (nSPS) is 11.5. The second kappa shape index (κ2) is 4.99. The molecule has 0 bridgehead atoms. The van der Waals surface area contributed by atoms with Crippen molar-refractivity contribution in [2.75, 3.05) is 0 Å². The van der Waals surface area contributed by atoms with Crippen LogP contribution in [0.3, 0.4) is 0 Å². The van der Waals surface area contributed by atoms with Gasteiger partial charge in [-0.3, -0.25) is 4.68 Å². The highest BCUT2D eigenvalue weighted by Gasteiger charge is 2.18. The Bertz CT molecular complexity index is 1020. The van der Waals surface area contributed by atoms with Crippen LogP contribution in [-0.2, 0) is 7.05 Å². The van der Waals surface area contributed by atoms with Gasteiger partial charge >= 0.3 is 0 Å². The number of thiophene rings is 1. The third-order valence-electron chi connectivity index (χ3n) is 3.98. The van der Waals surface area contributed by atoms with Crippen LogP contribution in [0.1, 0.15) is 16.1 Å². The summed E-state index contributed by atoms with van der Waals surface area (Å²) in [6.45, 7) is 6.21. The Morgan fingerprint density at radius 3 is 2.70 bits per heavy atom. The van der Waals surface area contributed by atoms with E-state index in [1.807, 2.05) is 31.0 Å². The molecular weight excluding hydrogens is 308 g/mol. The Morgan fingerprint density at radius 2 is 1.96 bits per heavy atom. The number of nitrogens with zero attached hydrogens (tertiary/aromatic N) is 6. The second-order valence-electron chi connectivity index (χ2n) is 5.65. The number of hydrogen-bond acceptors (Lipinski definition) is 5. The molecule has 23 heavy (non-hydrogen) atoms. The molecule has 4 aromatic heterocycles. The molecule has 0 aliphatic heterocycles. The molecule has 0 aromatic carbocycles. The highest BCUT2D eigenvalue weighted by molar-refractivity contribution is 7.18. The fourth-order valence-corrected chi connectivity index (χ4v) is 3.74. The Labute approximate surface area is 137 Å². The van der Waals surface area contributed by atoms with Crippen LogP contribution >= 0.6 is 11.3 Å². The van der Waals surface area contributed by atoms with Crippen molar-refractivity contribution in [2.45, 2.75) is 20.8 Å². The number of aromatic nitrogens is 6. The topological polar surface area (TPSA) is 61.4 Å². The number of rotatable bonds is 2. The van der Waals surface area contributed by atoms with E-state index in [9.17, 15) is 0 Å². The van der Waals surface area contributed by atoms with Gasteiger partial charge in [-0.25, -0.2) is 14.6 Å². The van der Waals surface area contributed by atoms with Crippen LogP contribution in [0.5, 0.6) is 0 Å². The number of aryl methyl sites for hydroxylation is 4. The minimum absolute atomic E-state index is 0.823. The van der Waals surface area contributed by atoms with E-state index in [-0.39, 0.29) is 0 Å². The van der Waals surface area contributed by atoms with Gasteiger partial charge in [0.15, 0.2) is 5.82 Å². The molecule has 0 atom stereocenters. The zero-order chi connectivity index (χ0) is 16.1. The highest BCUT2D eigenvalue weighted by atomic mass is 32.1. The van der Waals surface area contributed by atoms with Crippen molar-refractivity contribution in [3.05, 3.63) is 40.9 Å². The Balaban J connectivity index is 2.02. The molecule has 4 rings (SSSR count). The lowest BCUT2D eigenvalue weighted by molar-refractivity contribution is 0.767. The Kier molecular flexibility index (Phi) is 3.05. The molecule has 116 valence electrons. The highest BCUT2D eigenvalue weighted by Crippen LogP contribution is 2.33. The molecule has 0 spiro atoms. The number of hydrogen-bond donors (Lipinski definition) is 0. The standard InChI is InChI=1S/C16H16N6S/c1-9-5-13(12-6-19-21(4)7-12)22(20-9)15-14-10(2)11(3)23-16(14)18-8-17-15/h5-8H,1-4H3. The molecule has 6 nitrogen and oxygen atoms in total. The molecule has 7 heteroatoms. The van der Waals surface area contributed by atoms with Crippen molar-refractivity contribution in [2.24, 2.45) is 7.05 Å². The second-order valence-corrected chi connectivity index (χ2v) is 6.85. The molecular formula is C16H16N6S. The summed E-state index contributed by atoms with van der Waals surface area (Å²) in [5, 5.41) is 10.00. The average molecular weight is 324 g/mol. The van der Waals surface area contributed by atoms with Crippen molar-refractivity contribution >= 4 is 21.6 Å². The summed E-state index contributed by atoms with van der Waals surface area (Å²) in [4.78, 5) is 11.2. The SMILES string of the molecule is Cc1cc(-c2cnn(C)c2)n(-c2ncnc3sc(C)c(C)c23)n1. The van der Waals surface area contributed by atoms with Gasteiger partial charge in [0.25, 0.3) is 0 Å². The van der Waals surface area contributed by atoms with E-state index in [1.54, 1.807) is 22.3 Å². The molecule has 0 radical (unpaired) electrons. The van der Waals surface area contributed by atoms with Gasteiger partial charge in [0.05, 0.1) is 23.0 Å².